The van der Waals surface area contributed by atoms with Gasteiger partial charge in [0.25, 0.3) is 0 Å². The number of hydrogen-bond donors (Lipinski definition) is 3. The standard InChI is InChI=1S/C12H16N2O.H2S/c1-13-10(8-15)6-9-7-14-12-5-3-2-4-11(9)12;/h2-5,7,10,13-15H,6,8H2,1H3;1H2/t10-;/m0./s1. The lowest BCUT2D eigenvalue weighted by Crippen LogP contribution is -2.31. The van der Waals surface area contributed by atoms with Crippen LogP contribution in [0.15, 0.2) is 30.5 Å². The Morgan fingerprint density at radius 2 is 2.12 bits per heavy atom. The van der Waals surface area contributed by atoms with E-state index >= 15 is 0 Å². The molecule has 3 nitrogen and oxygen atoms in total. The summed E-state index contributed by atoms with van der Waals surface area (Å²) >= 11 is 0. The van der Waals surface area contributed by atoms with Crippen LogP contribution < -0.4 is 5.32 Å². The molecule has 2 aromatic rings. The van der Waals surface area contributed by atoms with E-state index in [9.17, 15) is 0 Å². The molecule has 1 aromatic heterocycles. The Labute approximate surface area is 102 Å². The van der Waals surface area contributed by atoms with Crippen LogP contribution in [-0.2, 0) is 6.42 Å². The Morgan fingerprint density at radius 3 is 2.81 bits per heavy atom. The molecule has 0 amide bonds. The maximum atomic E-state index is 9.12. The summed E-state index contributed by atoms with van der Waals surface area (Å²) in [6, 6.07) is 8.35. The van der Waals surface area contributed by atoms with Gasteiger partial charge in [0, 0.05) is 23.1 Å². The van der Waals surface area contributed by atoms with Crippen molar-refractivity contribution in [2.45, 2.75) is 12.5 Å². The van der Waals surface area contributed by atoms with Crippen molar-refractivity contribution in [3.8, 4) is 0 Å². The van der Waals surface area contributed by atoms with Crippen LogP contribution in [0.3, 0.4) is 0 Å². The van der Waals surface area contributed by atoms with E-state index in [1.165, 1.54) is 10.9 Å². The Bertz CT molecular complexity index is 437. The number of aliphatic hydroxyl groups excluding tert-OH is 1. The van der Waals surface area contributed by atoms with Gasteiger partial charge in [0.1, 0.15) is 0 Å². The zero-order chi connectivity index (χ0) is 10.7. The molecular formula is C12H18N2OS. The summed E-state index contributed by atoms with van der Waals surface area (Å²) in [7, 11) is 1.87. The van der Waals surface area contributed by atoms with Gasteiger partial charge < -0.3 is 15.4 Å². The van der Waals surface area contributed by atoms with Crippen molar-refractivity contribution in [1.29, 1.82) is 0 Å². The lowest BCUT2D eigenvalue weighted by molar-refractivity contribution is 0.248. The van der Waals surface area contributed by atoms with Gasteiger partial charge in [0.2, 0.25) is 0 Å². The first-order valence-corrected chi connectivity index (χ1v) is 5.18. The molecule has 3 N–H and O–H groups in total. The van der Waals surface area contributed by atoms with Gasteiger partial charge in [-0.3, -0.25) is 0 Å². The normalized spacial score (nSPS) is 12.4. The number of aliphatic hydroxyl groups is 1. The average molecular weight is 238 g/mol. The fourth-order valence-corrected chi connectivity index (χ4v) is 1.82. The van der Waals surface area contributed by atoms with Crippen LogP contribution in [-0.4, -0.2) is 29.8 Å². The number of aromatic nitrogens is 1. The first-order chi connectivity index (χ1) is 7.35. The molecular weight excluding hydrogens is 220 g/mol. The second kappa shape index (κ2) is 5.94. The Kier molecular flexibility index (Phi) is 4.86. The lowest BCUT2D eigenvalue weighted by atomic mass is 10.1. The van der Waals surface area contributed by atoms with Gasteiger partial charge in [0.05, 0.1) is 6.61 Å². The molecule has 0 bridgehead atoms. The molecule has 1 aromatic carbocycles. The number of H-pyrrole nitrogens is 1. The molecule has 0 radical (unpaired) electrons. The molecule has 0 spiro atoms. The van der Waals surface area contributed by atoms with Crippen molar-refractivity contribution in [3.63, 3.8) is 0 Å². The fraction of sp³-hybridized carbons (Fsp3) is 0.333. The van der Waals surface area contributed by atoms with Gasteiger partial charge in [-0.1, -0.05) is 18.2 Å². The predicted molar refractivity (Wildman–Crippen MR) is 72.3 cm³/mol. The number of rotatable bonds is 4. The number of benzene rings is 1. The maximum Gasteiger partial charge on any atom is 0.0587 e. The molecule has 0 unspecified atom stereocenters. The minimum absolute atomic E-state index is 0. The van der Waals surface area contributed by atoms with Crippen LogP contribution in [0, 0.1) is 0 Å². The van der Waals surface area contributed by atoms with Gasteiger partial charge in [-0.2, -0.15) is 13.5 Å². The highest BCUT2D eigenvalue weighted by Crippen LogP contribution is 2.18. The highest BCUT2D eigenvalue weighted by Gasteiger charge is 2.09. The van der Waals surface area contributed by atoms with E-state index in [1.54, 1.807) is 0 Å². The van der Waals surface area contributed by atoms with Crippen molar-refractivity contribution >= 4 is 24.4 Å². The molecule has 4 heteroatoms. The van der Waals surface area contributed by atoms with Gasteiger partial charge >= 0.3 is 0 Å². The molecule has 0 aliphatic carbocycles. The summed E-state index contributed by atoms with van der Waals surface area (Å²) in [6.07, 6.45) is 2.86. The van der Waals surface area contributed by atoms with Crippen molar-refractivity contribution in [1.82, 2.24) is 10.3 Å². The van der Waals surface area contributed by atoms with Gasteiger partial charge in [-0.15, -0.1) is 0 Å². The zero-order valence-corrected chi connectivity index (χ0v) is 10.3. The van der Waals surface area contributed by atoms with Gasteiger partial charge in [-0.05, 0) is 25.1 Å². The molecule has 0 aliphatic heterocycles. The number of likely N-dealkylation sites (N-methyl/N-ethyl adjacent to an activating group) is 1. The number of nitrogens with one attached hydrogen (secondary N) is 2. The molecule has 1 atom stereocenters. The van der Waals surface area contributed by atoms with Crippen molar-refractivity contribution in [3.05, 3.63) is 36.0 Å². The predicted octanol–water partition coefficient (Wildman–Crippen LogP) is 1.40. The van der Waals surface area contributed by atoms with Gasteiger partial charge in [0.15, 0.2) is 0 Å². The first kappa shape index (κ1) is 13.1. The van der Waals surface area contributed by atoms with Crippen molar-refractivity contribution in [2.75, 3.05) is 13.7 Å². The van der Waals surface area contributed by atoms with E-state index in [2.05, 4.69) is 22.4 Å². The summed E-state index contributed by atoms with van der Waals surface area (Å²) in [6.45, 7) is 0.163. The van der Waals surface area contributed by atoms with E-state index in [4.69, 9.17) is 5.11 Å². The molecule has 0 aliphatic rings. The monoisotopic (exact) mass is 238 g/mol. The fourth-order valence-electron chi connectivity index (χ4n) is 1.82. The van der Waals surface area contributed by atoms with Crippen molar-refractivity contribution in [2.24, 2.45) is 0 Å². The summed E-state index contributed by atoms with van der Waals surface area (Å²) in [4.78, 5) is 3.23. The third-order valence-corrected chi connectivity index (χ3v) is 2.77. The average Bonchev–Trinajstić information content (AvgIpc) is 2.69. The van der Waals surface area contributed by atoms with E-state index in [-0.39, 0.29) is 26.1 Å². The number of para-hydroxylation sites is 1. The number of fused-ring (bicyclic) bond motifs is 1. The molecule has 0 saturated heterocycles. The summed E-state index contributed by atoms with van der Waals surface area (Å²) < 4.78 is 0. The van der Waals surface area contributed by atoms with E-state index in [0.717, 1.165) is 11.9 Å². The third-order valence-electron chi connectivity index (χ3n) is 2.77. The largest absolute Gasteiger partial charge is 0.395 e. The molecule has 88 valence electrons. The van der Waals surface area contributed by atoms with E-state index < -0.39 is 0 Å². The zero-order valence-electron chi connectivity index (χ0n) is 9.33. The molecule has 0 saturated carbocycles. The number of hydrogen-bond acceptors (Lipinski definition) is 2. The maximum absolute atomic E-state index is 9.12. The number of aromatic amines is 1. The lowest BCUT2D eigenvalue weighted by Gasteiger charge is -2.11. The topological polar surface area (TPSA) is 48.0 Å². The van der Waals surface area contributed by atoms with Crippen LogP contribution in [0.1, 0.15) is 5.56 Å². The molecule has 16 heavy (non-hydrogen) atoms. The van der Waals surface area contributed by atoms with Crippen LogP contribution in [0.2, 0.25) is 0 Å². The molecule has 2 rings (SSSR count). The Morgan fingerprint density at radius 1 is 1.38 bits per heavy atom. The Hall–Kier alpha value is -0.970. The van der Waals surface area contributed by atoms with Crippen LogP contribution in [0.25, 0.3) is 10.9 Å². The summed E-state index contributed by atoms with van der Waals surface area (Å²) in [5, 5.41) is 13.5. The second-order valence-electron chi connectivity index (χ2n) is 3.73. The molecule has 0 fully saturated rings. The molecule has 1 heterocycles. The quantitative estimate of drug-likeness (QED) is 0.754. The van der Waals surface area contributed by atoms with E-state index in [1.807, 2.05) is 25.4 Å². The van der Waals surface area contributed by atoms with Crippen molar-refractivity contribution < 1.29 is 5.11 Å². The van der Waals surface area contributed by atoms with Crippen LogP contribution >= 0.6 is 13.5 Å². The summed E-state index contributed by atoms with van der Waals surface area (Å²) in [5.41, 5.74) is 2.40. The summed E-state index contributed by atoms with van der Waals surface area (Å²) in [5.74, 6) is 0. The highest BCUT2D eigenvalue weighted by molar-refractivity contribution is 7.59. The second-order valence-corrected chi connectivity index (χ2v) is 3.73. The highest BCUT2D eigenvalue weighted by atomic mass is 32.1. The minimum atomic E-state index is 0. The van der Waals surface area contributed by atoms with E-state index in [0.29, 0.717) is 0 Å². The van der Waals surface area contributed by atoms with Crippen LogP contribution in [0.4, 0.5) is 0 Å². The van der Waals surface area contributed by atoms with Gasteiger partial charge in [-0.25, -0.2) is 0 Å². The van der Waals surface area contributed by atoms with Crippen LogP contribution in [0.5, 0.6) is 0 Å². The minimum Gasteiger partial charge on any atom is -0.395 e. The first-order valence-electron chi connectivity index (χ1n) is 5.18. The SMILES string of the molecule is CN[C@H](CO)Cc1c[nH]c2ccccc12.S. The Balaban J connectivity index is 0.00000128. The third kappa shape index (κ3) is 2.58. The smallest absolute Gasteiger partial charge is 0.0587 e.